The number of nitrogens with one attached hydrogen (secondary N) is 3. The molecule has 0 aliphatic carbocycles. The monoisotopic (exact) mass is 479 g/mol. The average molecular weight is 480 g/mol. The highest BCUT2D eigenvalue weighted by Crippen LogP contribution is 2.25. The number of aromatic nitrogens is 1. The third-order valence-electron chi connectivity index (χ3n) is 5.21. The summed E-state index contributed by atoms with van der Waals surface area (Å²) in [5.74, 6) is -0.338. The molecule has 8 nitrogen and oxygen atoms in total. The van der Waals surface area contributed by atoms with E-state index in [2.05, 4.69) is 10.3 Å². The van der Waals surface area contributed by atoms with Gasteiger partial charge in [-0.2, -0.15) is 0 Å². The summed E-state index contributed by atoms with van der Waals surface area (Å²) in [6.45, 7) is 8.68. The molecule has 0 aliphatic rings. The van der Waals surface area contributed by atoms with E-state index in [1.165, 1.54) is 6.08 Å². The molecule has 4 N–H and O–H groups in total. The summed E-state index contributed by atoms with van der Waals surface area (Å²) < 4.78 is 11.2. The average Bonchev–Trinajstić information content (AvgIpc) is 3.22. The van der Waals surface area contributed by atoms with Crippen LogP contribution in [-0.4, -0.2) is 40.3 Å². The summed E-state index contributed by atoms with van der Waals surface area (Å²) in [7, 11) is 0. The molecule has 0 spiro atoms. The first-order valence-corrected chi connectivity index (χ1v) is 11.6. The van der Waals surface area contributed by atoms with Crippen LogP contribution in [0.1, 0.15) is 44.4 Å². The third kappa shape index (κ3) is 7.98. The van der Waals surface area contributed by atoms with E-state index in [1.54, 1.807) is 18.5 Å². The van der Waals surface area contributed by atoms with E-state index in [0.29, 0.717) is 12.3 Å². The summed E-state index contributed by atoms with van der Waals surface area (Å²) in [6.07, 6.45) is 5.01. The van der Waals surface area contributed by atoms with Gasteiger partial charge in [0.25, 0.3) is 5.91 Å². The van der Waals surface area contributed by atoms with Crippen molar-refractivity contribution in [3.05, 3.63) is 71.4 Å². The Morgan fingerprint density at radius 1 is 1.14 bits per heavy atom. The van der Waals surface area contributed by atoms with E-state index in [0.717, 1.165) is 40.6 Å². The van der Waals surface area contributed by atoms with Gasteiger partial charge in [-0.25, -0.2) is 10.3 Å². The molecule has 1 aromatic heterocycles. The second-order valence-electron chi connectivity index (χ2n) is 9.29. The largest absolute Gasteiger partial charge is 0.479 e. The lowest BCUT2D eigenvalue weighted by Gasteiger charge is -2.22. The maximum atomic E-state index is 12.2. The number of ether oxygens (including phenoxy) is 2. The molecule has 3 aromatic rings. The van der Waals surface area contributed by atoms with E-state index in [4.69, 9.17) is 14.7 Å². The molecule has 0 radical (unpaired) electrons. The molecule has 35 heavy (non-hydrogen) atoms. The van der Waals surface area contributed by atoms with Crippen molar-refractivity contribution in [2.75, 3.05) is 6.54 Å². The molecule has 3 rings (SSSR count). The molecule has 0 saturated carbocycles. The minimum absolute atomic E-state index is 0.393. The number of rotatable bonds is 10. The summed E-state index contributed by atoms with van der Waals surface area (Å²) in [4.78, 5) is 26.6. The number of amides is 1. The minimum Gasteiger partial charge on any atom is -0.479 e. The minimum atomic E-state index is -0.704. The fourth-order valence-corrected chi connectivity index (χ4v) is 3.49. The first kappa shape index (κ1) is 26.0. The van der Waals surface area contributed by atoms with E-state index in [9.17, 15) is 9.59 Å². The molecule has 0 unspecified atom stereocenters. The van der Waals surface area contributed by atoms with Gasteiger partial charge >= 0.3 is 5.97 Å². The number of carbonyl (C=O) groups excluding carboxylic acids is 2. The predicted octanol–water partition coefficient (Wildman–Crippen LogP) is 4.13. The Balaban J connectivity index is 1.53. The summed E-state index contributed by atoms with van der Waals surface area (Å²) in [5, 5.41) is 13.0. The first-order chi connectivity index (χ1) is 16.6. The van der Waals surface area contributed by atoms with Gasteiger partial charge in [-0.05, 0) is 81.6 Å². The van der Waals surface area contributed by atoms with E-state index < -0.39 is 23.6 Å². The second kappa shape index (κ2) is 11.7. The van der Waals surface area contributed by atoms with Gasteiger partial charge in [0.1, 0.15) is 11.4 Å². The Morgan fingerprint density at radius 2 is 1.89 bits per heavy atom. The Labute approximate surface area is 205 Å². The van der Waals surface area contributed by atoms with Gasteiger partial charge in [-0.1, -0.05) is 24.3 Å². The maximum Gasteiger partial charge on any atom is 0.347 e. The Hall–Kier alpha value is -3.62. The highest BCUT2D eigenvalue weighted by atomic mass is 16.6. The zero-order chi connectivity index (χ0) is 25.4. The predicted molar refractivity (Wildman–Crippen MR) is 135 cm³/mol. The number of esters is 1. The Bertz CT molecular complexity index is 1180. The van der Waals surface area contributed by atoms with E-state index in [-0.39, 0.29) is 0 Å². The number of aromatic amines is 1. The van der Waals surface area contributed by atoms with Gasteiger partial charge in [0.2, 0.25) is 0 Å². The van der Waals surface area contributed by atoms with Crippen molar-refractivity contribution >= 4 is 28.9 Å². The highest BCUT2D eigenvalue weighted by molar-refractivity contribution is 5.90. The van der Waals surface area contributed by atoms with E-state index in [1.807, 2.05) is 69.4 Å². The normalized spacial score (nSPS) is 12.6. The zero-order valence-electron chi connectivity index (χ0n) is 20.6. The quantitative estimate of drug-likeness (QED) is 0.114. The molecular formula is C27H33N3O5. The van der Waals surface area contributed by atoms with Gasteiger partial charge in [-0.15, -0.1) is 0 Å². The van der Waals surface area contributed by atoms with Crippen molar-refractivity contribution in [2.45, 2.75) is 52.4 Å². The molecule has 1 atom stereocenters. The summed E-state index contributed by atoms with van der Waals surface area (Å²) >= 11 is 0. The van der Waals surface area contributed by atoms with Crippen molar-refractivity contribution in [1.29, 1.82) is 0 Å². The fourth-order valence-electron chi connectivity index (χ4n) is 3.49. The number of benzene rings is 2. The molecule has 0 aliphatic heterocycles. The molecule has 1 heterocycles. The van der Waals surface area contributed by atoms with Crippen molar-refractivity contribution in [3.8, 4) is 5.75 Å². The summed E-state index contributed by atoms with van der Waals surface area (Å²) in [6, 6.07) is 13.6. The molecule has 0 bridgehead atoms. The first-order valence-electron chi connectivity index (χ1n) is 11.6. The number of H-pyrrole nitrogens is 1. The Morgan fingerprint density at radius 3 is 2.57 bits per heavy atom. The number of fused-ring (bicyclic) bond motifs is 1. The number of carbonyl (C=O) groups is 2. The third-order valence-corrected chi connectivity index (χ3v) is 5.21. The molecule has 2 aromatic carbocycles. The lowest BCUT2D eigenvalue weighted by Crippen LogP contribution is -2.33. The molecule has 8 heteroatoms. The van der Waals surface area contributed by atoms with Crippen LogP contribution >= 0.6 is 0 Å². The topological polar surface area (TPSA) is 113 Å². The van der Waals surface area contributed by atoms with Crippen LogP contribution in [0.15, 0.2) is 54.7 Å². The van der Waals surface area contributed by atoms with Crippen molar-refractivity contribution < 1.29 is 24.3 Å². The zero-order valence-corrected chi connectivity index (χ0v) is 20.6. The highest BCUT2D eigenvalue weighted by Gasteiger charge is 2.23. The lowest BCUT2D eigenvalue weighted by atomic mass is 10.1. The van der Waals surface area contributed by atoms with Crippen LogP contribution in [0.3, 0.4) is 0 Å². The van der Waals surface area contributed by atoms with Crippen LogP contribution in [0.25, 0.3) is 17.0 Å². The van der Waals surface area contributed by atoms with Crippen LogP contribution < -0.4 is 15.5 Å². The maximum absolute atomic E-state index is 12.2. The molecule has 0 fully saturated rings. The van der Waals surface area contributed by atoms with E-state index >= 15 is 0 Å². The van der Waals surface area contributed by atoms with Crippen molar-refractivity contribution in [2.24, 2.45) is 0 Å². The van der Waals surface area contributed by atoms with Crippen LogP contribution in [-0.2, 0) is 27.3 Å². The number of hydrogen-bond acceptors (Lipinski definition) is 6. The molecule has 186 valence electrons. The summed E-state index contributed by atoms with van der Waals surface area (Å²) in [5.41, 5.74) is 5.17. The van der Waals surface area contributed by atoms with Gasteiger partial charge in [0, 0.05) is 29.7 Å². The van der Waals surface area contributed by atoms with Gasteiger partial charge in [0.05, 0.1) is 0 Å². The van der Waals surface area contributed by atoms with Gasteiger partial charge < -0.3 is 19.8 Å². The molecular weight excluding hydrogens is 446 g/mol. The number of hydrogen-bond donors (Lipinski definition) is 4. The van der Waals surface area contributed by atoms with Gasteiger partial charge in [-0.3, -0.25) is 10.0 Å². The molecule has 0 saturated heterocycles. The lowest BCUT2D eigenvalue weighted by molar-refractivity contribution is -0.162. The van der Waals surface area contributed by atoms with Gasteiger partial charge in [0.15, 0.2) is 6.10 Å². The van der Waals surface area contributed by atoms with Crippen LogP contribution in [0, 0.1) is 0 Å². The van der Waals surface area contributed by atoms with Crippen LogP contribution in [0.4, 0.5) is 0 Å². The standard InChI is InChI=1S/C27H33N3O5/c1-18(26(32)35-27(2,3)4)34-22-10-11-24-23(15-22)21(17-29-24)13-14-28-16-20-7-5-19(6-8-20)9-12-25(31)30-33/h5-12,15,17-18,28-29,33H,13-14,16H2,1-4H3,(H,30,31)/t18-/m0/s1. The number of hydroxylamine groups is 1. The SMILES string of the molecule is C[C@H](Oc1ccc2[nH]cc(CCNCc3ccc(C=CC(=O)NO)cc3)c2c1)C(=O)OC(C)(C)C. The Kier molecular flexibility index (Phi) is 8.68. The van der Waals surface area contributed by atoms with Crippen LogP contribution in [0.5, 0.6) is 5.75 Å². The molecule has 1 amide bonds. The van der Waals surface area contributed by atoms with Crippen molar-refractivity contribution in [3.63, 3.8) is 0 Å². The fraction of sp³-hybridized carbons (Fsp3) is 0.333. The smallest absolute Gasteiger partial charge is 0.347 e. The van der Waals surface area contributed by atoms with Crippen molar-refractivity contribution in [1.82, 2.24) is 15.8 Å². The second-order valence-corrected chi connectivity index (χ2v) is 9.29. The van der Waals surface area contributed by atoms with Crippen LogP contribution in [0.2, 0.25) is 0 Å².